The fraction of sp³-hybridized carbons (Fsp3) is 0.400. The Labute approximate surface area is 202 Å². The molecular weight excluding hydrogens is 480 g/mol. The maximum Gasteiger partial charge on any atom is 0.357 e. The van der Waals surface area contributed by atoms with Crippen molar-refractivity contribution in [2.24, 2.45) is 28.2 Å². The van der Waals surface area contributed by atoms with Gasteiger partial charge in [-0.3, -0.25) is 48.1 Å². The summed E-state index contributed by atoms with van der Waals surface area (Å²) in [6.45, 7) is 1.80. The molecule has 0 saturated carbocycles. The van der Waals surface area contributed by atoms with E-state index in [0.29, 0.717) is 35.3 Å². The summed E-state index contributed by atoms with van der Waals surface area (Å²) in [6.07, 6.45) is 5.78. The normalized spacial score (nSPS) is 14.2. The van der Waals surface area contributed by atoms with Gasteiger partial charge in [-0.15, -0.1) is 0 Å². The van der Waals surface area contributed by atoms with E-state index in [1.165, 1.54) is 26.2 Å². The number of piperazine rings is 1. The van der Waals surface area contributed by atoms with E-state index in [1.807, 2.05) is 9.80 Å². The van der Waals surface area contributed by atoms with Gasteiger partial charge < -0.3 is 9.80 Å². The molecule has 0 radical (unpaired) electrons. The number of hydrogen-bond acceptors (Lipinski definition) is 10. The van der Waals surface area contributed by atoms with E-state index in [2.05, 4.69) is 0 Å². The summed E-state index contributed by atoms with van der Waals surface area (Å²) in [4.78, 5) is 73.6. The van der Waals surface area contributed by atoms with Crippen molar-refractivity contribution in [3.05, 3.63) is 85.7 Å². The average Bonchev–Trinajstić information content (AvgIpc) is 2.84. The van der Waals surface area contributed by atoms with Gasteiger partial charge in [-0.2, -0.15) is 0 Å². The topological polar surface area (TPSA) is 181 Å². The molecule has 1 saturated heterocycles. The highest BCUT2D eigenvalue weighted by Gasteiger charge is 2.25. The maximum absolute atomic E-state index is 12.2. The molecule has 16 nitrogen and oxygen atoms in total. The number of nitro groups is 2. The molecule has 1 fully saturated rings. The highest BCUT2D eigenvalue weighted by molar-refractivity contribution is 5.57. The molecule has 0 bridgehead atoms. The summed E-state index contributed by atoms with van der Waals surface area (Å²) in [5.41, 5.74) is -5.08. The molecule has 2 aromatic rings. The quantitative estimate of drug-likeness (QED) is 0.334. The molecule has 0 aromatic carbocycles. The molecule has 0 aliphatic carbocycles. The molecule has 0 N–H and O–H groups in total. The van der Waals surface area contributed by atoms with Gasteiger partial charge in [0, 0.05) is 66.8 Å². The summed E-state index contributed by atoms with van der Waals surface area (Å²) in [5, 5.41) is 22.8. The third-order valence-corrected chi connectivity index (χ3v) is 5.97. The van der Waals surface area contributed by atoms with Crippen LogP contribution in [0.3, 0.4) is 0 Å². The van der Waals surface area contributed by atoms with Gasteiger partial charge in [-0.1, -0.05) is 0 Å². The van der Waals surface area contributed by atoms with E-state index in [0.717, 1.165) is 23.2 Å². The Bertz CT molecular complexity index is 1420. The number of hydrogen-bond donors (Lipinski definition) is 0. The summed E-state index contributed by atoms with van der Waals surface area (Å²) in [5.74, 6) is 0. The Balaban J connectivity index is 1.80. The first-order valence-electron chi connectivity index (χ1n) is 10.6. The third kappa shape index (κ3) is 4.59. The largest absolute Gasteiger partial charge is 0.374 e. The zero-order valence-electron chi connectivity index (χ0n) is 20.0. The maximum atomic E-state index is 12.2. The van der Waals surface area contributed by atoms with Crippen LogP contribution in [0.4, 0.5) is 11.4 Å². The monoisotopic (exact) mass is 504 g/mol. The molecule has 0 atom stereocenters. The first-order chi connectivity index (χ1) is 16.9. The van der Waals surface area contributed by atoms with Crippen molar-refractivity contribution < 1.29 is 9.85 Å². The van der Waals surface area contributed by atoms with Crippen molar-refractivity contribution in [1.29, 1.82) is 0 Å². The molecule has 0 unspecified atom stereocenters. The van der Waals surface area contributed by atoms with Gasteiger partial charge in [0.25, 0.3) is 0 Å². The standard InChI is InChI=1S/C20H24N8O8/c1-21-13(15(27(33)34)17(29)23(3)19(21)31)5-7-25-9-11-26(12-10-25)8-6-14-16(28(35)36)18(30)24(4)20(32)22(14)2/h5-8H,9-12H2,1-4H3/b7-5+,8-6+. The first kappa shape index (κ1) is 25.9. The predicted octanol–water partition coefficient (Wildman–Crippen LogP) is -1.44. The molecule has 36 heavy (non-hydrogen) atoms. The zero-order valence-corrected chi connectivity index (χ0v) is 20.0. The summed E-state index contributed by atoms with van der Waals surface area (Å²) >= 11 is 0. The molecule has 2 aromatic heterocycles. The van der Waals surface area contributed by atoms with Gasteiger partial charge in [0.2, 0.25) is 0 Å². The van der Waals surface area contributed by atoms with Crippen LogP contribution in [-0.2, 0) is 28.2 Å². The van der Waals surface area contributed by atoms with Crippen LogP contribution in [0.15, 0.2) is 31.6 Å². The van der Waals surface area contributed by atoms with Crippen molar-refractivity contribution in [3.8, 4) is 0 Å². The van der Waals surface area contributed by atoms with Crippen LogP contribution in [0.25, 0.3) is 12.2 Å². The summed E-state index contributed by atoms with van der Waals surface area (Å²) in [6, 6.07) is 0. The molecule has 1 aliphatic rings. The van der Waals surface area contributed by atoms with Crippen molar-refractivity contribution >= 4 is 23.5 Å². The minimum Gasteiger partial charge on any atom is -0.374 e. The number of nitrogens with zero attached hydrogens (tertiary/aromatic N) is 8. The first-order valence-corrected chi connectivity index (χ1v) is 10.6. The van der Waals surface area contributed by atoms with Crippen LogP contribution in [0.5, 0.6) is 0 Å². The lowest BCUT2D eigenvalue weighted by atomic mass is 10.2. The van der Waals surface area contributed by atoms with Crippen molar-refractivity contribution in [1.82, 2.24) is 28.1 Å². The van der Waals surface area contributed by atoms with Gasteiger partial charge in [-0.05, 0) is 12.2 Å². The van der Waals surface area contributed by atoms with Crippen LogP contribution in [-0.4, -0.2) is 64.1 Å². The Hall–Kier alpha value is -4.76. The zero-order chi connectivity index (χ0) is 26.9. The van der Waals surface area contributed by atoms with E-state index < -0.39 is 43.7 Å². The molecule has 3 rings (SSSR count). The minimum atomic E-state index is -1.00. The third-order valence-electron chi connectivity index (χ3n) is 5.97. The van der Waals surface area contributed by atoms with E-state index in [-0.39, 0.29) is 11.4 Å². The molecule has 192 valence electrons. The van der Waals surface area contributed by atoms with Crippen LogP contribution >= 0.6 is 0 Å². The van der Waals surface area contributed by atoms with Crippen molar-refractivity contribution in [2.45, 2.75) is 0 Å². The lowest BCUT2D eigenvalue weighted by Gasteiger charge is -2.33. The summed E-state index contributed by atoms with van der Waals surface area (Å²) < 4.78 is 3.39. The second kappa shape index (κ2) is 9.85. The van der Waals surface area contributed by atoms with Gasteiger partial charge in [0.1, 0.15) is 11.4 Å². The van der Waals surface area contributed by atoms with E-state index in [9.17, 15) is 39.4 Å². The molecule has 16 heteroatoms. The number of aromatic nitrogens is 4. The van der Waals surface area contributed by atoms with E-state index in [1.54, 1.807) is 12.4 Å². The van der Waals surface area contributed by atoms with Crippen LogP contribution in [0.1, 0.15) is 11.4 Å². The van der Waals surface area contributed by atoms with Crippen LogP contribution in [0.2, 0.25) is 0 Å². The van der Waals surface area contributed by atoms with Crippen molar-refractivity contribution in [2.75, 3.05) is 26.2 Å². The number of rotatable bonds is 6. The highest BCUT2D eigenvalue weighted by atomic mass is 16.6. The Kier molecular flexibility index (Phi) is 7.07. The lowest BCUT2D eigenvalue weighted by molar-refractivity contribution is -0.387. The lowest BCUT2D eigenvalue weighted by Crippen LogP contribution is -2.42. The minimum absolute atomic E-state index is 0.130. The Morgan fingerprint density at radius 2 is 0.917 bits per heavy atom. The van der Waals surface area contributed by atoms with Crippen molar-refractivity contribution in [3.63, 3.8) is 0 Å². The van der Waals surface area contributed by atoms with E-state index in [4.69, 9.17) is 0 Å². The molecule has 0 spiro atoms. The summed E-state index contributed by atoms with van der Waals surface area (Å²) in [7, 11) is 5.00. The molecule has 0 amide bonds. The fourth-order valence-electron chi connectivity index (χ4n) is 3.80. The van der Waals surface area contributed by atoms with Crippen LogP contribution < -0.4 is 22.5 Å². The highest BCUT2D eigenvalue weighted by Crippen LogP contribution is 2.15. The van der Waals surface area contributed by atoms with Crippen LogP contribution in [0, 0.1) is 20.2 Å². The predicted molar refractivity (Wildman–Crippen MR) is 128 cm³/mol. The van der Waals surface area contributed by atoms with Gasteiger partial charge >= 0.3 is 33.9 Å². The average molecular weight is 504 g/mol. The van der Waals surface area contributed by atoms with Gasteiger partial charge in [0.15, 0.2) is 0 Å². The fourth-order valence-corrected chi connectivity index (χ4v) is 3.80. The van der Waals surface area contributed by atoms with E-state index >= 15 is 0 Å². The molecule has 3 heterocycles. The SMILES string of the molecule is Cn1c(/C=C/N2CCN(/C=C/c3c([N+](=O)[O-])c(=O)n(C)c(=O)n3C)CC2)c([N+](=O)[O-])c(=O)n(C)c1=O. The second-order valence-corrected chi connectivity index (χ2v) is 8.10. The Morgan fingerprint density at radius 3 is 1.19 bits per heavy atom. The van der Waals surface area contributed by atoms with Gasteiger partial charge in [0.05, 0.1) is 9.85 Å². The molecular formula is C20H24N8O8. The Morgan fingerprint density at radius 1 is 0.611 bits per heavy atom. The smallest absolute Gasteiger partial charge is 0.357 e. The molecule has 1 aliphatic heterocycles. The van der Waals surface area contributed by atoms with Gasteiger partial charge in [-0.25, -0.2) is 9.59 Å². The second-order valence-electron chi connectivity index (χ2n) is 8.10.